The van der Waals surface area contributed by atoms with Gasteiger partial charge < -0.3 is 26.8 Å². The molecule has 0 aliphatic carbocycles. The lowest BCUT2D eigenvalue weighted by molar-refractivity contribution is -0.393. The zero-order valence-electron chi connectivity index (χ0n) is 15.5. The SMILES string of the molecule is NCC(=O)NCC(=O)NCCNc1ccc([N+](=O)[O-])cc1[N+](=O)[O-].O=C(O)C(F)(F)F. The van der Waals surface area contributed by atoms with Gasteiger partial charge in [-0.25, -0.2) is 4.79 Å². The van der Waals surface area contributed by atoms with Crippen LogP contribution in [0.2, 0.25) is 0 Å². The largest absolute Gasteiger partial charge is 0.490 e. The molecule has 1 rings (SSSR count). The second-order valence-electron chi connectivity index (χ2n) is 5.28. The van der Waals surface area contributed by atoms with Gasteiger partial charge in [-0.2, -0.15) is 13.2 Å². The molecular weight excluding hydrogens is 437 g/mol. The number of amides is 2. The number of benzene rings is 1. The lowest BCUT2D eigenvalue weighted by Crippen LogP contribution is -2.40. The van der Waals surface area contributed by atoms with Crippen LogP contribution >= 0.6 is 0 Å². The Morgan fingerprint density at radius 3 is 2.06 bits per heavy atom. The molecule has 0 atom stereocenters. The minimum atomic E-state index is -5.08. The van der Waals surface area contributed by atoms with Crippen molar-refractivity contribution < 1.29 is 42.5 Å². The van der Waals surface area contributed by atoms with Gasteiger partial charge in [0.2, 0.25) is 11.8 Å². The standard InChI is InChI=1S/C12H16N6O6.C2HF3O2/c13-6-11(19)16-7-12(20)15-4-3-14-9-2-1-8(17(21)22)5-10(9)18(23)24;3-2(4,5)1(6)7/h1-2,5,14H,3-4,6-7,13H2,(H,15,20)(H,16,19);(H,6,7). The van der Waals surface area contributed by atoms with Crippen LogP contribution in [-0.4, -0.2) is 65.1 Å². The number of anilines is 1. The van der Waals surface area contributed by atoms with Crippen LogP contribution in [-0.2, 0) is 14.4 Å². The number of non-ortho nitro benzene ring substituents is 1. The summed E-state index contributed by atoms with van der Waals surface area (Å²) in [5.41, 5.74) is 4.32. The Balaban J connectivity index is 0.00000110. The summed E-state index contributed by atoms with van der Waals surface area (Å²) >= 11 is 0. The van der Waals surface area contributed by atoms with E-state index in [0.717, 1.165) is 12.1 Å². The van der Waals surface area contributed by atoms with E-state index in [4.69, 9.17) is 15.6 Å². The number of rotatable bonds is 9. The number of nitro benzene ring substituents is 2. The molecule has 31 heavy (non-hydrogen) atoms. The fourth-order valence-electron chi connectivity index (χ4n) is 1.65. The summed E-state index contributed by atoms with van der Waals surface area (Å²) in [5, 5.41) is 36.2. The van der Waals surface area contributed by atoms with Gasteiger partial charge in [0, 0.05) is 19.2 Å². The van der Waals surface area contributed by atoms with E-state index >= 15 is 0 Å². The van der Waals surface area contributed by atoms with Crippen molar-refractivity contribution in [1.82, 2.24) is 10.6 Å². The van der Waals surface area contributed by atoms with E-state index in [1.54, 1.807) is 0 Å². The maximum absolute atomic E-state index is 11.4. The number of nitrogens with two attached hydrogens (primary N) is 1. The number of nitro groups is 2. The van der Waals surface area contributed by atoms with Crippen molar-refractivity contribution in [1.29, 1.82) is 0 Å². The second kappa shape index (κ2) is 12.5. The van der Waals surface area contributed by atoms with Crippen LogP contribution in [0, 0.1) is 20.2 Å². The van der Waals surface area contributed by atoms with Crippen molar-refractivity contribution in [3.8, 4) is 0 Å². The van der Waals surface area contributed by atoms with Crippen molar-refractivity contribution in [3.05, 3.63) is 38.4 Å². The Hall–Kier alpha value is -4.02. The Morgan fingerprint density at radius 2 is 1.61 bits per heavy atom. The summed E-state index contributed by atoms with van der Waals surface area (Å²) in [6.07, 6.45) is -5.08. The van der Waals surface area contributed by atoms with E-state index in [1.165, 1.54) is 6.07 Å². The number of nitrogens with one attached hydrogen (secondary N) is 3. The zero-order chi connectivity index (χ0) is 24.2. The van der Waals surface area contributed by atoms with Crippen LogP contribution in [0.15, 0.2) is 18.2 Å². The molecule has 0 saturated heterocycles. The average molecular weight is 454 g/mol. The fourth-order valence-corrected chi connectivity index (χ4v) is 1.65. The van der Waals surface area contributed by atoms with Crippen molar-refractivity contribution in [3.63, 3.8) is 0 Å². The first-order valence-electron chi connectivity index (χ1n) is 7.99. The number of hydrogen-bond acceptors (Lipinski definition) is 9. The predicted octanol–water partition coefficient (Wildman–Crippen LogP) is -0.261. The highest BCUT2D eigenvalue weighted by atomic mass is 19.4. The van der Waals surface area contributed by atoms with E-state index in [0.29, 0.717) is 0 Å². The second-order valence-corrected chi connectivity index (χ2v) is 5.28. The Kier molecular flexibility index (Phi) is 10.9. The molecule has 0 radical (unpaired) electrons. The van der Waals surface area contributed by atoms with Gasteiger partial charge in [-0.15, -0.1) is 0 Å². The molecule has 6 N–H and O–H groups in total. The molecule has 1 aromatic rings. The molecule has 0 spiro atoms. The fraction of sp³-hybridized carbons (Fsp3) is 0.357. The number of halogens is 3. The molecule has 0 aliphatic heterocycles. The highest BCUT2D eigenvalue weighted by Gasteiger charge is 2.38. The Morgan fingerprint density at radius 1 is 1.03 bits per heavy atom. The molecule has 0 bridgehead atoms. The molecule has 0 saturated carbocycles. The summed E-state index contributed by atoms with van der Waals surface area (Å²) < 4.78 is 31.7. The number of carboxylic acids is 1. The third-order valence-corrected chi connectivity index (χ3v) is 3.03. The van der Waals surface area contributed by atoms with Crippen molar-refractivity contribution >= 4 is 34.8 Å². The zero-order valence-corrected chi connectivity index (χ0v) is 15.5. The first kappa shape index (κ1) is 27.0. The number of carbonyl (C=O) groups is 3. The van der Waals surface area contributed by atoms with Crippen LogP contribution < -0.4 is 21.7 Å². The molecule has 14 nitrogen and oxygen atoms in total. The normalized spacial score (nSPS) is 10.2. The molecular formula is C14H17F3N6O8. The van der Waals surface area contributed by atoms with Crippen LogP contribution in [0.1, 0.15) is 0 Å². The highest BCUT2D eigenvalue weighted by Crippen LogP contribution is 2.28. The summed E-state index contributed by atoms with van der Waals surface area (Å²) in [5.74, 6) is -3.67. The van der Waals surface area contributed by atoms with E-state index in [1.807, 2.05) is 0 Å². The van der Waals surface area contributed by atoms with Gasteiger partial charge in [0.05, 0.1) is 29.0 Å². The van der Waals surface area contributed by atoms with Crippen LogP contribution in [0.25, 0.3) is 0 Å². The summed E-state index contributed by atoms with van der Waals surface area (Å²) in [7, 11) is 0. The number of nitrogens with zero attached hydrogens (tertiary/aromatic N) is 2. The van der Waals surface area contributed by atoms with Gasteiger partial charge >= 0.3 is 12.1 Å². The van der Waals surface area contributed by atoms with E-state index < -0.39 is 45.2 Å². The first-order valence-corrected chi connectivity index (χ1v) is 7.99. The lowest BCUT2D eigenvalue weighted by atomic mass is 10.2. The molecule has 0 aliphatic rings. The smallest absolute Gasteiger partial charge is 0.475 e. The highest BCUT2D eigenvalue weighted by molar-refractivity contribution is 5.85. The molecule has 0 unspecified atom stereocenters. The van der Waals surface area contributed by atoms with E-state index in [9.17, 15) is 43.0 Å². The number of aliphatic carboxylic acids is 1. The van der Waals surface area contributed by atoms with Gasteiger partial charge in [0.1, 0.15) is 5.69 Å². The molecule has 0 aromatic heterocycles. The Labute approximate surface area is 170 Å². The first-order chi connectivity index (χ1) is 14.3. The minimum absolute atomic E-state index is 0.0938. The van der Waals surface area contributed by atoms with Gasteiger partial charge in [0.15, 0.2) is 0 Å². The van der Waals surface area contributed by atoms with Crippen LogP contribution in [0.4, 0.5) is 30.2 Å². The average Bonchev–Trinajstić information content (AvgIpc) is 2.68. The Bertz CT molecular complexity index is 833. The summed E-state index contributed by atoms with van der Waals surface area (Å²) in [4.78, 5) is 51.3. The monoisotopic (exact) mass is 454 g/mol. The molecule has 17 heteroatoms. The lowest BCUT2D eigenvalue weighted by Gasteiger charge is -2.09. The van der Waals surface area contributed by atoms with Crippen molar-refractivity contribution in [2.75, 3.05) is 31.5 Å². The molecule has 172 valence electrons. The maximum Gasteiger partial charge on any atom is 0.490 e. The number of carbonyl (C=O) groups excluding carboxylic acids is 2. The van der Waals surface area contributed by atoms with Crippen LogP contribution in [0.3, 0.4) is 0 Å². The van der Waals surface area contributed by atoms with Crippen molar-refractivity contribution in [2.45, 2.75) is 6.18 Å². The summed E-state index contributed by atoms with van der Waals surface area (Å²) in [6.45, 7) is -0.174. The number of alkyl halides is 3. The topological polar surface area (TPSA) is 220 Å². The number of carboxylic acid groups (broad SMARTS) is 1. The molecule has 0 heterocycles. The van der Waals surface area contributed by atoms with Gasteiger partial charge in [0.25, 0.3) is 11.4 Å². The van der Waals surface area contributed by atoms with Gasteiger partial charge in [-0.05, 0) is 6.07 Å². The third-order valence-electron chi connectivity index (χ3n) is 3.03. The maximum atomic E-state index is 11.4. The predicted molar refractivity (Wildman–Crippen MR) is 97.0 cm³/mol. The van der Waals surface area contributed by atoms with E-state index in [2.05, 4.69) is 16.0 Å². The molecule has 2 amide bonds. The molecule has 0 fully saturated rings. The van der Waals surface area contributed by atoms with Crippen LogP contribution in [0.5, 0.6) is 0 Å². The van der Waals surface area contributed by atoms with Gasteiger partial charge in [-0.3, -0.25) is 29.8 Å². The third kappa shape index (κ3) is 10.9. The van der Waals surface area contributed by atoms with Crippen molar-refractivity contribution in [2.24, 2.45) is 5.73 Å². The quantitative estimate of drug-likeness (QED) is 0.187. The van der Waals surface area contributed by atoms with Gasteiger partial charge in [-0.1, -0.05) is 0 Å². The van der Waals surface area contributed by atoms with E-state index in [-0.39, 0.29) is 31.9 Å². The minimum Gasteiger partial charge on any atom is -0.475 e. The molecule has 1 aromatic carbocycles. The number of hydrogen-bond donors (Lipinski definition) is 5. The summed E-state index contributed by atoms with van der Waals surface area (Å²) in [6, 6.07) is 3.21.